The van der Waals surface area contributed by atoms with Crippen LogP contribution >= 0.6 is 0 Å². The Morgan fingerprint density at radius 2 is 2.29 bits per heavy atom. The van der Waals surface area contributed by atoms with Crippen LogP contribution in [0.3, 0.4) is 0 Å². The summed E-state index contributed by atoms with van der Waals surface area (Å²) in [7, 11) is 0. The minimum absolute atomic E-state index is 0.287. The molecule has 0 fully saturated rings. The lowest BCUT2D eigenvalue weighted by molar-refractivity contribution is -0.138. The average Bonchev–Trinajstić information content (AvgIpc) is 2.28. The Hall–Kier alpha value is -2.09. The maximum atomic E-state index is 11.0. The van der Waals surface area contributed by atoms with Gasteiger partial charge in [0.25, 0.3) is 0 Å². The molecule has 0 aliphatic rings. The van der Waals surface area contributed by atoms with Crippen LogP contribution in [0.5, 0.6) is 0 Å². The number of rotatable bonds is 5. The highest BCUT2D eigenvalue weighted by Crippen LogP contribution is 2.12. The molecule has 1 rings (SSSR count). The Kier molecular flexibility index (Phi) is 4.46. The van der Waals surface area contributed by atoms with E-state index in [1.807, 2.05) is 19.9 Å². The number of nitrogens with zero attached hydrogens (tertiary/aromatic N) is 2. The van der Waals surface area contributed by atoms with Crippen LogP contribution in [0.15, 0.2) is 18.3 Å². The van der Waals surface area contributed by atoms with E-state index < -0.39 is 12.0 Å². The Morgan fingerprint density at radius 3 is 2.71 bits per heavy atom. The van der Waals surface area contributed by atoms with Crippen LogP contribution in [-0.2, 0) is 4.79 Å². The molecule has 0 amide bonds. The number of pyridine rings is 1. The molecule has 0 aliphatic carbocycles. The van der Waals surface area contributed by atoms with Crippen LogP contribution in [0, 0.1) is 17.2 Å². The number of carboxylic acid groups (broad SMARTS) is 1. The summed E-state index contributed by atoms with van der Waals surface area (Å²) in [5.74, 6) is -0.599. The maximum Gasteiger partial charge on any atom is 0.326 e. The van der Waals surface area contributed by atoms with Crippen molar-refractivity contribution in [1.82, 2.24) is 4.98 Å². The lowest BCUT2D eigenvalue weighted by Crippen LogP contribution is -2.30. The third-order valence-corrected chi connectivity index (χ3v) is 2.22. The summed E-state index contributed by atoms with van der Waals surface area (Å²) < 4.78 is 0. The topological polar surface area (TPSA) is 86.0 Å². The molecular weight excluding hydrogens is 218 g/mol. The van der Waals surface area contributed by atoms with Crippen molar-refractivity contribution in [2.45, 2.75) is 26.3 Å². The van der Waals surface area contributed by atoms with Crippen molar-refractivity contribution in [3.63, 3.8) is 0 Å². The highest BCUT2D eigenvalue weighted by Gasteiger charge is 2.18. The summed E-state index contributed by atoms with van der Waals surface area (Å²) in [6, 6.07) is 4.48. The first-order chi connectivity index (χ1) is 8.02. The molecule has 90 valence electrons. The van der Waals surface area contributed by atoms with Crippen molar-refractivity contribution in [1.29, 1.82) is 5.26 Å². The molecule has 0 saturated carbocycles. The standard InChI is InChI=1S/C12H15N3O2/c1-8(2)5-11(12(16)17)15-10-4-3-9(6-13)14-7-10/h3-4,7-8,11,15H,5H2,1-2H3,(H,16,17). The number of aromatic nitrogens is 1. The molecule has 1 unspecified atom stereocenters. The monoisotopic (exact) mass is 233 g/mol. The third-order valence-electron chi connectivity index (χ3n) is 2.22. The molecular formula is C12H15N3O2. The van der Waals surface area contributed by atoms with Crippen molar-refractivity contribution in [3.05, 3.63) is 24.0 Å². The van der Waals surface area contributed by atoms with Gasteiger partial charge in [0.2, 0.25) is 0 Å². The second-order valence-corrected chi connectivity index (χ2v) is 4.21. The van der Waals surface area contributed by atoms with Gasteiger partial charge in [0.15, 0.2) is 0 Å². The van der Waals surface area contributed by atoms with Crippen LogP contribution in [0.1, 0.15) is 26.0 Å². The second kappa shape index (κ2) is 5.85. The first-order valence-electron chi connectivity index (χ1n) is 5.38. The van der Waals surface area contributed by atoms with E-state index in [1.165, 1.54) is 6.20 Å². The molecule has 1 heterocycles. The number of hydrogen-bond acceptors (Lipinski definition) is 4. The zero-order chi connectivity index (χ0) is 12.8. The quantitative estimate of drug-likeness (QED) is 0.810. The summed E-state index contributed by atoms with van der Waals surface area (Å²) in [4.78, 5) is 14.9. The fourth-order valence-corrected chi connectivity index (χ4v) is 1.44. The van der Waals surface area contributed by atoms with Crippen LogP contribution in [0.4, 0.5) is 5.69 Å². The number of aliphatic carboxylic acids is 1. The van der Waals surface area contributed by atoms with Gasteiger partial charge in [0.05, 0.1) is 11.9 Å². The van der Waals surface area contributed by atoms with Gasteiger partial charge in [-0.1, -0.05) is 13.8 Å². The van der Waals surface area contributed by atoms with Gasteiger partial charge < -0.3 is 10.4 Å². The van der Waals surface area contributed by atoms with Crippen LogP contribution in [-0.4, -0.2) is 22.1 Å². The predicted octanol–water partition coefficient (Wildman–Crippen LogP) is 1.86. The molecule has 5 nitrogen and oxygen atoms in total. The number of carboxylic acids is 1. The van der Waals surface area contributed by atoms with Gasteiger partial charge in [0.1, 0.15) is 17.8 Å². The van der Waals surface area contributed by atoms with Gasteiger partial charge in [-0.2, -0.15) is 5.26 Å². The summed E-state index contributed by atoms with van der Waals surface area (Å²) in [6.07, 6.45) is 2.00. The predicted molar refractivity (Wildman–Crippen MR) is 63.5 cm³/mol. The van der Waals surface area contributed by atoms with Gasteiger partial charge in [-0.05, 0) is 24.5 Å². The van der Waals surface area contributed by atoms with E-state index in [2.05, 4.69) is 10.3 Å². The highest BCUT2D eigenvalue weighted by atomic mass is 16.4. The SMILES string of the molecule is CC(C)CC(Nc1ccc(C#N)nc1)C(=O)O. The lowest BCUT2D eigenvalue weighted by Gasteiger charge is -2.17. The smallest absolute Gasteiger partial charge is 0.326 e. The molecule has 1 aromatic rings. The van der Waals surface area contributed by atoms with Crippen molar-refractivity contribution >= 4 is 11.7 Å². The molecule has 1 aromatic heterocycles. The Morgan fingerprint density at radius 1 is 1.59 bits per heavy atom. The first-order valence-corrected chi connectivity index (χ1v) is 5.38. The van der Waals surface area contributed by atoms with Gasteiger partial charge in [-0.25, -0.2) is 9.78 Å². The maximum absolute atomic E-state index is 11.0. The Balaban J connectivity index is 2.72. The lowest BCUT2D eigenvalue weighted by atomic mass is 10.0. The molecule has 5 heteroatoms. The molecule has 0 aromatic carbocycles. The van der Waals surface area contributed by atoms with Crippen molar-refractivity contribution in [3.8, 4) is 6.07 Å². The first kappa shape index (κ1) is 13.0. The fraction of sp³-hybridized carbons (Fsp3) is 0.417. The number of nitriles is 1. The minimum atomic E-state index is -0.886. The van der Waals surface area contributed by atoms with Crippen molar-refractivity contribution in [2.24, 2.45) is 5.92 Å². The van der Waals surface area contributed by atoms with Crippen LogP contribution in [0.25, 0.3) is 0 Å². The van der Waals surface area contributed by atoms with Gasteiger partial charge in [-0.15, -0.1) is 0 Å². The van der Waals surface area contributed by atoms with E-state index in [-0.39, 0.29) is 5.92 Å². The van der Waals surface area contributed by atoms with Crippen LogP contribution < -0.4 is 5.32 Å². The zero-order valence-corrected chi connectivity index (χ0v) is 9.84. The summed E-state index contributed by atoms with van der Waals surface area (Å²) in [6.45, 7) is 3.93. The van der Waals surface area contributed by atoms with E-state index in [1.54, 1.807) is 12.1 Å². The Labute approximate surface area is 100 Å². The van der Waals surface area contributed by atoms with E-state index in [0.717, 1.165) is 0 Å². The summed E-state index contributed by atoms with van der Waals surface area (Å²) in [5.41, 5.74) is 0.920. The summed E-state index contributed by atoms with van der Waals surface area (Å²) in [5, 5.41) is 20.5. The van der Waals surface area contributed by atoms with Crippen molar-refractivity contribution < 1.29 is 9.90 Å². The largest absolute Gasteiger partial charge is 0.480 e. The average molecular weight is 233 g/mol. The molecule has 0 radical (unpaired) electrons. The molecule has 0 spiro atoms. The summed E-state index contributed by atoms with van der Waals surface area (Å²) >= 11 is 0. The second-order valence-electron chi connectivity index (χ2n) is 4.21. The van der Waals surface area contributed by atoms with E-state index >= 15 is 0 Å². The number of hydrogen-bond donors (Lipinski definition) is 2. The van der Waals surface area contributed by atoms with E-state index in [9.17, 15) is 4.79 Å². The molecule has 2 N–H and O–H groups in total. The third kappa shape index (κ3) is 4.11. The van der Waals surface area contributed by atoms with Gasteiger partial charge in [-0.3, -0.25) is 0 Å². The molecule has 1 atom stereocenters. The van der Waals surface area contributed by atoms with Gasteiger partial charge >= 0.3 is 5.97 Å². The van der Waals surface area contributed by atoms with Gasteiger partial charge in [0, 0.05) is 0 Å². The normalized spacial score (nSPS) is 11.9. The van der Waals surface area contributed by atoms with E-state index in [0.29, 0.717) is 17.8 Å². The number of anilines is 1. The molecule has 0 bridgehead atoms. The Bertz CT molecular complexity index is 420. The number of carbonyl (C=O) groups is 1. The fourth-order valence-electron chi connectivity index (χ4n) is 1.44. The highest BCUT2D eigenvalue weighted by molar-refractivity contribution is 5.77. The molecule has 17 heavy (non-hydrogen) atoms. The molecule has 0 saturated heterocycles. The number of nitrogens with one attached hydrogen (secondary N) is 1. The zero-order valence-electron chi connectivity index (χ0n) is 9.84. The van der Waals surface area contributed by atoms with Crippen LogP contribution in [0.2, 0.25) is 0 Å². The molecule has 0 aliphatic heterocycles. The van der Waals surface area contributed by atoms with Crippen molar-refractivity contribution in [2.75, 3.05) is 5.32 Å². The van der Waals surface area contributed by atoms with E-state index in [4.69, 9.17) is 10.4 Å². The minimum Gasteiger partial charge on any atom is -0.480 e.